The maximum absolute atomic E-state index is 12.1. The van der Waals surface area contributed by atoms with Gasteiger partial charge in [-0.1, -0.05) is 13.0 Å². The van der Waals surface area contributed by atoms with E-state index in [2.05, 4.69) is 10.1 Å². The number of hydrogen-bond acceptors (Lipinski definition) is 3. The molecule has 0 unspecified atom stereocenters. The number of hydrogen-bond donors (Lipinski definition) is 0. The summed E-state index contributed by atoms with van der Waals surface area (Å²) in [5.41, 5.74) is 2.52. The van der Waals surface area contributed by atoms with Gasteiger partial charge in [-0.05, 0) is 18.1 Å². The Hall–Kier alpha value is -1.97. The highest BCUT2D eigenvalue weighted by molar-refractivity contribution is 5.98. The van der Waals surface area contributed by atoms with E-state index in [-0.39, 0.29) is 5.78 Å². The fourth-order valence-electron chi connectivity index (χ4n) is 1.81. The molecule has 0 atom stereocenters. The second-order valence-corrected chi connectivity index (χ2v) is 3.98. The van der Waals surface area contributed by atoms with E-state index in [0.717, 1.165) is 23.2 Å². The van der Waals surface area contributed by atoms with Gasteiger partial charge in [0.15, 0.2) is 5.78 Å². The minimum atomic E-state index is 0.1000. The van der Waals surface area contributed by atoms with Crippen LogP contribution in [-0.4, -0.2) is 20.5 Å². The van der Waals surface area contributed by atoms with Crippen molar-refractivity contribution in [3.63, 3.8) is 0 Å². The van der Waals surface area contributed by atoms with E-state index in [1.165, 1.54) is 0 Å². The molecule has 2 heterocycles. The third-order valence-electron chi connectivity index (χ3n) is 2.63. The monoisotopic (exact) mass is 229 g/mol. The summed E-state index contributed by atoms with van der Waals surface area (Å²) < 4.78 is 1.69. The molecule has 0 radical (unpaired) electrons. The summed E-state index contributed by atoms with van der Waals surface area (Å²) in [6, 6.07) is 3.75. The van der Waals surface area contributed by atoms with Crippen molar-refractivity contribution in [2.45, 2.75) is 19.8 Å². The van der Waals surface area contributed by atoms with Crippen molar-refractivity contribution in [1.29, 1.82) is 0 Å². The van der Waals surface area contributed by atoms with E-state index in [4.69, 9.17) is 0 Å². The molecule has 2 aromatic heterocycles. The first kappa shape index (κ1) is 11.5. The van der Waals surface area contributed by atoms with Crippen LogP contribution in [0.5, 0.6) is 0 Å². The van der Waals surface area contributed by atoms with E-state index in [0.29, 0.717) is 6.42 Å². The van der Waals surface area contributed by atoms with Crippen molar-refractivity contribution < 1.29 is 4.79 Å². The summed E-state index contributed by atoms with van der Waals surface area (Å²) >= 11 is 0. The van der Waals surface area contributed by atoms with Gasteiger partial charge in [0.05, 0.1) is 11.3 Å². The molecule has 88 valence electrons. The number of aryl methyl sites for hydroxylation is 2. The lowest BCUT2D eigenvalue weighted by molar-refractivity contribution is 0.0992. The summed E-state index contributed by atoms with van der Waals surface area (Å²) in [5.74, 6) is 0.1000. The van der Waals surface area contributed by atoms with Gasteiger partial charge in [-0.2, -0.15) is 5.10 Å². The summed E-state index contributed by atoms with van der Waals surface area (Å²) in [5, 5.41) is 4.27. The van der Waals surface area contributed by atoms with Crippen molar-refractivity contribution in [2.24, 2.45) is 7.05 Å². The number of aromatic nitrogens is 3. The Kier molecular flexibility index (Phi) is 3.32. The molecule has 4 nitrogen and oxygen atoms in total. The highest BCUT2D eigenvalue weighted by atomic mass is 16.1. The number of Topliss-reactive ketones (excluding diaryl/α,β-unsaturated/α-hetero) is 1. The first-order valence-electron chi connectivity index (χ1n) is 5.65. The van der Waals surface area contributed by atoms with Crippen molar-refractivity contribution >= 4 is 5.78 Å². The molecule has 0 saturated heterocycles. The van der Waals surface area contributed by atoms with Crippen LogP contribution in [0.4, 0.5) is 0 Å². The molecule has 0 bridgehead atoms. The summed E-state index contributed by atoms with van der Waals surface area (Å²) in [4.78, 5) is 16.1. The zero-order valence-electron chi connectivity index (χ0n) is 10.1. The second-order valence-electron chi connectivity index (χ2n) is 3.98. The molecular weight excluding hydrogens is 214 g/mol. The van der Waals surface area contributed by atoms with Crippen LogP contribution < -0.4 is 0 Å². The maximum atomic E-state index is 12.1. The second kappa shape index (κ2) is 4.91. The predicted molar refractivity (Wildman–Crippen MR) is 64.9 cm³/mol. The molecule has 0 spiro atoms. The summed E-state index contributed by atoms with van der Waals surface area (Å²) in [6.07, 6.45) is 6.37. The average Bonchev–Trinajstić information content (AvgIpc) is 2.72. The molecule has 2 rings (SSSR count). The summed E-state index contributed by atoms with van der Waals surface area (Å²) in [6.45, 7) is 2.00. The Bertz CT molecular complexity index is 517. The molecule has 0 amide bonds. The minimum Gasteiger partial charge on any atom is -0.294 e. The molecule has 4 heteroatoms. The van der Waals surface area contributed by atoms with Gasteiger partial charge >= 0.3 is 0 Å². The predicted octanol–water partition coefficient (Wildman–Crippen LogP) is 1.80. The number of carbonyl (C=O) groups is 1. The van der Waals surface area contributed by atoms with Gasteiger partial charge in [0.2, 0.25) is 0 Å². The van der Waals surface area contributed by atoms with Crippen molar-refractivity contribution in [2.75, 3.05) is 0 Å². The van der Waals surface area contributed by atoms with Crippen LogP contribution in [0.25, 0.3) is 0 Å². The van der Waals surface area contributed by atoms with Crippen LogP contribution in [0.1, 0.15) is 28.5 Å². The zero-order chi connectivity index (χ0) is 12.3. The van der Waals surface area contributed by atoms with Crippen LogP contribution >= 0.6 is 0 Å². The smallest absolute Gasteiger partial charge is 0.170 e. The Labute approximate surface area is 100 Å². The highest BCUT2D eigenvalue weighted by Gasteiger charge is 2.14. The molecule has 0 aliphatic carbocycles. The van der Waals surface area contributed by atoms with Crippen LogP contribution in [0.2, 0.25) is 0 Å². The SMILES string of the molecule is CCc1nn(C)cc1C(=O)Cc1cccnc1. The van der Waals surface area contributed by atoms with Gasteiger partial charge in [-0.25, -0.2) is 0 Å². The molecule has 0 fully saturated rings. The number of ketones is 1. The van der Waals surface area contributed by atoms with Gasteiger partial charge in [0.1, 0.15) is 0 Å². The quantitative estimate of drug-likeness (QED) is 0.751. The lowest BCUT2D eigenvalue weighted by atomic mass is 10.0. The number of pyridine rings is 1. The van der Waals surface area contributed by atoms with Crippen LogP contribution in [0, 0.1) is 0 Å². The third-order valence-corrected chi connectivity index (χ3v) is 2.63. The highest BCUT2D eigenvalue weighted by Crippen LogP contribution is 2.11. The zero-order valence-corrected chi connectivity index (χ0v) is 10.1. The molecule has 0 aliphatic rings. The van der Waals surface area contributed by atoms with Crippen LogP contribution in [-0.2, 0) is 19.9 Å². The molecule has 0 N–H and O–H groups in total. The number of carbonyl (C=O) groups excluding carboxylic acids is 1. The van der Waals surface area contributed by atoms with E-state index < -0.39 is 0 Å². The molecule has 2 aromatic rings. The summed E-state index contributed by atoms with van der Waals surface area (Å²) in [7, 11) is 1.83. The fraction of sp³-hybridized carbons (Fsp3) is 0.308. The lowest BCUT2D eigenvalue weighted by Crippen LogP contribution is -2.05. The number of rotatable bonds is 4. The van der Waals surface area contributed by atoms with Gasteiger partial charge < -0.3 is 0 Å². The van der Waals surface area contributed by atoms with Gasteiger partial charge in [0, 0.05) is 32.1 Å². The first-order chi connectivity index (χ1) is 8.20. The Balaban J connectivity index is 2.20. The Morgan fingerprint density at radius 1 is 1.47 bits per heavy atom. The van der Waals surface area contributed by atoms with E-state index in [9.17, 15) is 4.79 Å². The molecule has 0 aromatic carbocycles. The average molecular weight is 229 g/mol. The van der Waals surface area contributed by atoms with E-state index in [1.807, 2.05) is 26.1 Å². The largest absolute Gasteiger partial charge is 0.294 e. The van der Waals surface area contributed by atoms with Crippen LogP contribution in [0.15, 0.2) is 30.7 Å². The molecule has 0 saturated carbocycles. The Morgan fingerprint density at radius 3 is 2.94 bits per heavy atom. The molecule has 17 heavy (non-hydrogen) atoms. The van der Waals surface area contributed by atoms with Crippen molar-refractivity contribution in [1.82, 2.24) is 14.8 Å². The normalized spacial score (nSPS) is 10.5. The van der Waals surface area contributed by atoms with E-state index in [1.54, 1.807) is 23.3 Å². The number of nitrogens with zero attached hydrogens (tertiary/aromatic N) is 3. The molecule has 0 aliphatic heterocycles. The van der Waals surface area contributed by atoms with Crippen molar-refractivity contribution in [3.05, 3.63) is 47.5 Å². The van der Waals surface area contributed by atoms with E-state index >= 15 is 0 Å². The fourth-order valence-corrected chi connectivity index (χ4v) is 1.81. The van der Waals surface area contributed by atoms with Crippen LogP contribution in [0.3, 0.4) is 0 Å². The van der Waals surface area contributed by atoms with Crippen molar-refractivity contribution in [3.8, 4) is 0 Å². The standard InChI is InChI=1S/C13H15N3O/c1-3-12-11(9-16(2)15-12)13(17)7-10-5-4-6-14-8-10/h4-6,8-9H,3,7H2,1-2H3. The first-order valence-corrected chi connectivity index (χ1v) is 5.65. The topological polar surface area (TPSA) is 47.8 Å². The van der Waals surface area contributed by atoms with Gasteiger partial charge in [-0.15, -0.1) is 0 Å². The maximum Gasteiger partial charge on any atom is 0.170 e. The molecular formula is C13H15N3O. The van der Waals surface area contributed by atoms with Gasteiger partial charge in [0.25, 0.3) is 0 Å². The van der Waals surface area contributed by atoms with Gasteiger partial charge in [-0.3, -0.25) is 14.5 Å². The minimum absolute atomic E-state index is 0.1000. The lowest BCUT2D eigenvalue weighted by Gasteiger charge is -1.99. The third kappa shape index (κ3) is 2.58. The Morgan fingerprint density at radius 2 is 2.29 bits per heavy atom.